The van der Waals surface area contributed by atoms with Crippen molar-refractivity contribution in [2.24, 2.45) is 46.3 Å². The third kappa shape index (κ3) is 3.46. The van der Waals surface area contributed by atoms with E-state index in [1.54, 1.807) is 5.57 Å². The topological polar surface area (TPSA) is 37.3 Å². The zero-order chi connectivity index (χ0) is 21.0. The summed E-state index contributed by atoms with van der Waals surface area (Å²) in [5.41, 5.74) is 2.28. The largest absolute Gasteiger partial charge is 0.392 e. The second-order valence-corrected chi connectivity index (χ2v) is 12.0. The molecule has 29 heavy (non-hydrogen) atoms. The number of aliphatic hydroxyl groups is 1. The summed E-state index contributed by atoms with van der Waals surface area (Å²) in [4.78, 5) is 12.2. The molecule has 0 aromatic rings. The number of carbonyl (C=O) groups is 1. The molecule has 3 fully saturated rings. The fraction of sp³-hybridized carbons (Fsp3) is 0.889. The highest BCUT2D eigenvalue weighted by atomic mass is 16.3. The van der Waals surface area contributed by atoms with Gasteiger partial charge in [0.25, 0.3) is 0 Å². The monoisotopic (exact) mass is 400 g/mol. The highest BCUT2D eigenvalue weighted by molar-refractivity contribution is 5.80. The van der Waals surface area contributed by atoms with E-state index in [1.165, 1.54) is 44.9 Å². The van der Waals surface area contributed by atoms with Crippen LogP contribution in [0.3, 0.4) is 0 Å². The number of hydrogen-bond donors (Lipinski definition) is 1. The van der Waals surface area contributed by atoms with E-state index in [0.29, 0.717) is 40.3 Å². The summed E-state index contributed by atoms with van der Waals surface area (Å²) >= 11 is 0. The maximum atomic E-state index is 12.2. The molecule has 0 aromatic carbocycles. The number of rotatable bonds is 5. The van der Waals surface area contributed by atoms with Gasteiger partial charge in [-0.25, -0.2) is 0 Å². The molecule has 0 heterocycles. The van der Waals surface area contributed by atoms with Gasteiger partial charge in [0.15, 0.2) is 0 Å². The summed E-state index contributed by atoms with van der Waals surface area (Å²) in [6, 6.07) is 0. The van der Waals surface area contributed by atoms with Crippen molar-refractivity contribution in [2.75, 3.05) is 0 Å². The number of fused-ring (bicyclic) bond motifs is 5. The van der Waals surface area contributed by atoms with Gasteiger partial charge >= 0.3 is 0 Å². The van der Waals surface area contributed by atoms with Gasteiger partial charge in [0, 0.05) is 12.3 Å². The van der Waals surface area contributed by atoms with E-state index in [2.05, 4.69) is 26.8 Å². The summed E-state index contributed by atoms with van der Waals surface area (Å²) in [5.74, 6) is 3.76. The van der Waals surface area contributed by atoms with Crippen molar-refractivity contribution in [1.29, 1.82) is 0 Å². The first kappa shape index (κ1) is 21.6. The Morgan fingerprint density at radius 2 is 1.90 bits per heavy atom. The van der Waals surface area contributed by atoms with E-state index < -0.39 is 0 Å². The van der Waals surface area contributed by atoms with Gasteiger partial charge < -0.3 is 5.11 Å². The van der Waals surface area contributed by atoms with Crippen molar-refractivity contribution in [2.45, 2.75) is 105 Å². The lowest BCUT2D eigenvalue weighted by Crippen LogP contribution is -2.55. The standard InChI is InChI=1S/C27H44O2/c1-17(2)23(28)12-9-18(3)20-10-11-21-25-22(13-15-27(20,21)5)26(4)14-7-6-8-19(26)16-24(25)29/h8,17-18,20-22,24-25,29H,6-7,9-16H2,1-5H3/t18-,20-,21+,22+,24-,25+,26+,27-/m1/s1. The van der Waals surface area contributed by atoms with Crippen molar-refractivity contribution < 1.29 is 9.90 Å². The van der Waals surface area contributed by atoms with Crippen LogP contribution in [0, 0.1) is 46.3 Å². The van der Waals surface area contributed by atoms with Crippen LogP contribution in [0.15, 0.2) is 11.6 Å². The molecule has 0 spiro atoms. The van der Waals surface area contributed by atoms with Crippen molar-refractivity contribution in [3.05, 3.63) is 11.6 Å². The minimum absolute atomic E-state index is 0.140. The lowest BCUT2D eigenvalue weighted by atomic mass is 9.45. The summed E-state index contributed by atoms with van der Waals surface area (Å²) in [6.07, 6.45) is 14.1. The number of ketones is 1. The molecular formula is C27H44O2. The van der Waals surface area contributed by atoms with E-state index in [1.807, 2.05) is 13.8 Å². The zero-order valence-electron chi connectivity index (χ0n) is 19.5. The average Bonchev–Trinajstić information content (AvgIpc) is 3.03. The van der Waals surface area contributed by atoms with E-state index in [-0.39, 0.29) is 12.0 Å². The summed E-state index contributed by atoms with van der Waals surface area (Å²) in [5, 5.41) is 11.3. The second kappa shape index (κ2) is 7.81. The van der Waals surface area contributed by atoms with Crippen molar-refractivity contribution in [1.82, 2.24) is 0 Å². The predicted octanol–water partition coefficient (Wildman–Crippen LogP) is 6.57. The normalized spacial score (nSPS) is 45.2. The van der Waals surface area contributed by atoms with E-state index in [0.717, 1.165) is 25.2 Å². The SMILES string of the molecule is CC(C)C(=O)CC[C@@H](C)[C@H]1CC[C@H]2[C@@H]3[C@H](O)CC4=CCCC[C@]4(C)[C@H]3CC[C@]12C. The Kier molecular flexibility index (Phi) is 5.82. The Balaban J connectivity index is 1.52. The van der Waals surface area contributed by atoms with Gasteiger partial charge in [-0.15, -0.1) is 0 Å². The highest BCUT2D eigenvalue weighted by Gasteiger charge is 2.61. The smallest absolute Gasteiger partial charge is 0.135 e. The van der Waals surface area contributed by atoms with Crippen LogP contribution in [-0.4, -0.2) is 17.0 Å². The van der Waals surface area contributed by atoms with Gasteiger partial charge in [0.05, 0.1) is 6.10 Å². The molecule has 2 heteroatoms. The van der Waals surface area contributed by atoms with Gasteiger partial charge in [-0.05, 0) is 98.2 Å². The summed E-state index contributed by atoms with van der Waals surface area (Å²) in [7, 11) is 0. The third-order valence-corrected chi connectivity index (χ3v) is 10.3. The van der Waals surface area contributed by atoms with Gasteiger partial charge in [0.1, 0.15) is 5.78 Å². The molecule has 4 aliphatic rings. The Hall–Kier alpha value is -0.630. The molecular weight excluding hydrogens is 356 g/mol. The number of allylic oxidation sites excluding steroid dienone is 1. The molecule has 2 nitrogen and oxygen atoms in total. The van der Waals surface area contributed by atoms with E-state index in [9.17, 15) is 9.90 Å². The first-order valence-corrected chi connectivity index (χ1v) is 12.6. The number of aliphatic hydroxyl groups excluding tert-OH is 1. The Morgan fingerprint density at radius 3 is 2.62 bits per heavy atom. The van der Waals surface area contributed by atoms with Crippen molar-refractivity contribution in [3.8, 4) is 0 Å². The van der Waals surface area contributed by atoms with Crippen LogP contribution in [0.4, 0.5) is 0 Å². The maximum absolute atomic E-state index is 12.2. The molecule has 0 amide bonds. The lowest BCUT2D eigenvalue weighted by molar-refractivity contribution is -0.123. The van der Waals surface area contributed by atoms with E-state index >= 15 is 0 Å². The first-order chi connectivity index (χ1) is 13.7. The fourth-order valence-corrected chi connectivity index (χ4v) is 8.55. The van der Waals surface area contributed by atoms with Crippen LogP contribution >= 0.6 is 0 Å². The number of carbonyl (C=O) groups excluding carboxylic acids is 1. The summed E-state index contributed by atoms with van der Waals surface area (Å²) < 4.78 is 0. The molecule has 4 rings (SSSR count). The van der Waals surface area contributed by atoms with Crippen LogP contribution in [0.2, 0.25) is 0 Å². The first-order valence-electron chi connectivity index (χ1n) is 12.6. The Morgan fingerprint density at radius 1 is 1.14 bits per heavy atom. The quantitative estimate of drug-likeness (QED) is 0.530. The molecule has 0 unspecified atom stereocenters. The van der Waals surface area contributed by atoms with Gasteiger partial charge in [0.2, 0.25) is 0 Å². The van der Waals surface area contributed by atoms with Crippen LogP contribution in [0.5, 0.6) is 0 Å². The molecule has 0 aliphatic heterocycles. The predicted molar refractivity (Wildman–Crippen MR) is 119 cm³/mol. The van der Waals surface area contributed by atoms with Crippen LogP contribution in [0.25, 0.3) is 0 Å². The maximum Gasteiger partial charge on any atom is 0.135 e. The lowest BCUT2D eigenvalue weighted by Gasteiger charge is -2.60. The number of hydrogen-bond acceptors (Lipinski definition) is 2. The second-order valence-electron chi connectivity index (χ2n) is 12.0. The molecule has 0 bridgehead atoms. The van der Waals surface area contributed by atoms with Gasteiger partial charge in [-0.3, -0.25) is 4.79 Å². The average molecular weight is 401 g/mol. The van der Waals surface area contributed by atoms with Gasteiger partial charge in [-0.1, -0.05) is 46.3 Å². The van der Waals surface area contributed by atoms with Crippen molar-refractivity contribution >= 4 is 5.78 Å². The zero-order valence-corrected chi connectivity index (χ0v) is 19.5. The van der Waals surface area contributed by atoms with E-state index in [4.69, 9.17) is 0 Å². The third-order valence-electron chi connectivity index (χ3n) is 10.3. The Labute approximate surface area is 178 Å². The molecule has 0 saturated heterocycles. The van der Waals surface area contributed by atoms with Crippen LogP contribution < -0.4 is 0 Å². The molecule has 3 saturated carbocycles. The molecule has 0 aromatic heterocycles. The summed E-state index contributed by atoms with van der Waals surface area (Å²) in [6.45, 7) is 11.5. The minimum atomic E-state index is -0.140. The van der Waals surface area contributed by atoms with Crippen LogP contribution in [-0.2, 0) is 4.79 Å². The highest BCUT2D eigenvalue weighted by Crippen LogP contribution is 2.67. The molecule has 0 radical (unpaired) electrons. The number of Topliss-reactive ketones (excluding diaryl/α,β-unsaturated/α-hetero) is 1. The van der Waals surface area contributed by atoms with Crippen molar-refractivity contribution in [3.63, 3.8) is 0 Å². The molecule has 1 N–H and O–H groups in total. The molecule has 4 aliphatic carbocycles. The fourth-order valence-electron chi connectivity index (χ4n) is 8.55. The minimum Gasteiger partial charge on any atom is -0.392 e. The molecule has 164 valence electrons. The molecule has 8 atom stereocenters. The van der Waals surface area contributed by atoms with Gasteiger partial charge in [-0.2, -0.15) is 0 Å². The van der Waals surface area contributed by atoms with Crippen LogP contribution in [0.1, 0.15) is 98.8 Å². The Bertz CT molecular complexity index is 663.